The van der Waals surface area contributed by atoms with Crippen molar-refractivity contribution < 1.29 is 0 Å². The summed E-state index contributed by atoms with van der Waals surface area (Å²) < 4.78 is 2.05. The molecule has 4 heteroatoms. The van der Waals surface area contributed by atoms with Gasteiger partial charge in [0.2, 0.25) is 0 Å². The molecule has 1 saturated carbocycles. The monoisotopic (exact) mass is 326 g/mol. The predicted octanol–water partition coefficient (Wildman–Crippen LogP) is 3.45. The van der Waals surface area contributed by atoms with Crippen LogP contribution in [0.5, 0.6) is 0 Å². The van der Waals surface area contributed by atoms with Gasteiger partial charge in [-0.1, -0.05) is 31.0 Å². The van der Waals surface area contributed by atoms with Gasteiger partial charge in [-0.15, -0.1) is 0 Å². The Morgan fingerprint density at radius 3 is 2.58 bits per heavy atom. The summed E-state index contributed by atoms with van der Waals surface area (Å²) in [6, 6.07) is 11.2. The molecule has 0 atom stereocenters. The lowest BCUT2D eigenvalue weighted by Gasteiger charge is -2.24. The van der Waals surface area contributed by atoms with E-state index in [4.69, 9.17) is 5.10 Å². The average Bonchev–Trinajstić information content (AvgIpc) is 3.22. The summed E-state index contributed by atoms with van der Waals surface area (Å²) in [7, 11) is 2.27. The third kappa shape index (κ3) is 3.87. The van der Waals surface area contributed by atoms with Crippen molar-refractivity contribution in [2.45, 2.75) is 52.1 Å². The van der Waals surface area contributed by atoms with Crippen LogP contribution in [0.25, 0.3) is 5.69 Å². The van der Waals surface area contributed by atoms with Crippen molar-refractivity contribution in [2.75, 3.05) is 20.1 Å². The molecular formula is C20H30N4. The van der Waals surface area contributed by atoms with E-state index in [0.717, 1.165) is 37.1 Å². The average molecular weight is 326 g/mol. The highest BCUT2D eigenvalue weighted by Gasteiger charge is 2.19. The van der Waals surface area contributed by atoms with E-state index < -0.39 is 0 Å². The van der Waals surface area contributed by atoms with Gasteiger partial charge in [-0.05, 0) is 45.9 Å². The highest BCUT2D eigenvalue weighted by Crippen LogP contribution is 2.22. The van der Waals surface area contributed by atoms with E-state index in [1.807, 2.05) is 6.07 Å². The fourth-order valence-corrected chi connectivity index (χ4v) is 3.75. The topological polar surface area (TPSA) is 33.1 Å². The standard InChI is InChI=1S/C20H30N4/c1-16-20(15-21-13-14-23(3)18-9-7-8-10-18)17(2)24(22-16)19-11-5-4-6-12-19/h4-6,11-12,18,21H,7-10,13-15H2,1-3H3. The van der Waals surface area contributed by atoms with E-state index in [-0.39, 0.29) is 0 Å². The second-order valence-electron chi connectivity index (χ2n) is 6.99. The van der Waals surface area contributed by atoms with Gasteiger partial charge in [-0.3, -0.25) is 0 Å². The maximum Gasteiger partial charge on any atom is 0.0648 e. The molecule has 0 saturated heterocycles. The number of hydrogen-bond acceptors (Lipinski definition) is 3. The van der Waals surface area contributed by atoms with Crippen molar-refractivity contribution in [1.29, 1.82) is 0 Å². The van der Waals surface area contributed by atoms with Gasteiger partial charge < -0.3 is 10.2 Å². The Labute approximate surface area is 145 Å². The first-order valence-corrected chi connectivity index (χ1v) is 9.18. The van der Waals surface area contributed by atoms with Crippen LogP contribution >= 0.6 is 0 Å². The largest absolute Gasteiger partial charge is 0.311 e. The molecule has 0 aliphatic heterocycles. The molecule has 1 aromatic carbocycles. The Bertz CT molecular complexity index is 641. The summed E-state index contributed by atoms with van der Waals surface area (Å²) in [6.07, 6.45) is 5.55. The van der Waals surface area contributed by atoms with Crippen LogP contribution < -0.4 is 5.32 Å². The van der Waals surface area contributed by atoms with Crippen LogP contribution in [0.2, 0.25) is 0 Å². The molecule has 0 spiro atoms. The lowest BCUT2D eigenvalue weighted by molar-refractivity contribution is 0.245. The van der Waals surface area contributed by atoms with Crippen molar-refractivity contribution in [2.24, 2.45) is 0 Å². The molecule has 0 amide bonds. The van der Waals surface area contributed by atoms with Crippen LogP contribution in [0.15, 0.2) is 30.3 Å². The molecule has 0 bridgehead atoms. The molecule has 1 aliphatic carbocycles. The number of likely N-dealkylation sites (N-methyl/N-ethyl adjacent to an activating group) is 1. The molecule has 1 fully saturated rings. The quantitative estimate of drug-likeness (QED) is 0.791. The van der Waals surface area contributed by atoms with Crippen LogP contribution in [-0.2, 0) is 6.54 Å². The zero-order chi connectivity index (χ0) is 16.9. The van der Waals surface area contributed by atoms with Gasteiger partial charge in [0, 0.05) is 36.9 Å². The molecule has 1 heterocycles. The fraction of sp³-hybridized carbons (Fsp3) is 0.550. The third-order valence-electron chi connectivity index (χ3n) is 5.33. The molecule has 0 unspecified atom stereocenters. The highest BCUT2D eigenvalue weighted by molar-refractivity contribution is 5.36. The minimum Gasteiger partial charge on any atom is -0.311 e. The van der Waals surface area contributed by atoms with E-state index in [2.05, 4.69) is 60.1 Å². The van der Waals surface area contributed by atoms with E-state index in [9.17, 15) is 0 Å². The molecular weight excluding hydrogens is 296 g/mol. The van der Waals surface area contributed by atoms with Crippen molar-refractivity contribution >= 4 is 0 Å². The van der Waals surface area contributed by atoms with Crippen LogP contribution in [-0.4, -0.2) is 40.9 Å². The zero-order valence-corrected chi connectivity index (χ0v) is 15.3. The van der Waals surface area contributed by atoms with E-state index >= 15 is 0 Å². The number of para-hydroxylation sites is 1. The molecule has 4 nitrogen and oxygen atoms in total. The predicted molar refractivity (Wildman–Crippen MR) is 99.6 cm³/mol. The summed E-state index contributed by atoms with van der Waals surface area (Å²) in [6.45, 7) is 7.31. The Morgan fingerprint density at radius 1 is 1.17 bits per heavy atom. The second-order valence-corrected chi connectivity index (χ2v) is 6.99. The van der Waals surface area contributed by atoms with Gasteiger partial charge >= 0.3 is 0 Å². The van der Waals surface area contributed by atoms with Crippen LogP contribution in [0, 0.1) is 13.8 Å². The van der Waals surface area contributed by atoms with Crippen LogP contribution in [0.3, 0.4) is 0 Å². The second kappa shape index (κ2) is 7.95. The zero-order valence-electron chi connectivity index (χ0n) is 15.3. The first-order valence-electron chi connectivity index (χ1n) is 9.18. The Kier molecular flexibility index (Phi) is 5.69. The van der Waals surface area contributed by atoms with Gasteiger partial charge in [0.25, 0.3) is 0 Å². The van der Waals surface area contributed by atoms with E-state index in [0.29, 0.717) is 0 Å². The summed E-state index contributed by atoms with van der Waals surface area (Å²) >= 11 is 0. The number of nitrogens with zero attached hydrogens (tertiary/aromatic N) is 3. The summed E-state index contributed by atoms with van der Waals surface area (Å²) in [5.41, 5.74) is 4.80. The van der Waals surface area contributed by atoms with Crippen molar-refractivity contribution in [3.05, 3.63) is 47.3 Å². The normalized spacial score (nSPS) is 15.5. The smallest absolute Gasteiger partial charge is 0.0648 e. The SMILES string of the molecule is Cc1nn(-c2ccccc2)c(C)c1CNCCN(C)C1CCCC1. The summed E-state index contributed by atoms with van der Waals surface area (Å²) in [5.74, 6) is 0. The van der Waals surface area contributed by atoms with Gasteiger partial charge in [0.15, 0.2) is 0 Å². The molecule has 24 heavy (non-hydrogen) atoms. The molecule has 1 N–H and O–H groups in total. The number of aryl methyl sites for hydroxylation is 1. The molecule has 3 rings (SSSR count). The first kappa shape index (κ1) is 17.2. The Balaban J connectivity index is 1.55. The van der Waals surface area contributed by atoms with Crippen molar-refractivity contribution in [1.82, 2.24) is 20.0 Å². The van der Waals surface area contributed by atoms with Crippen molar-refractivity contribution in [3.63, 3.8) is 0 Å². The first-order chi connectivity index (χ1) is 11.7. The van der Waals surface area contributed by atoms with Gasteiger partial charge in [0.1, 0.15) is 0 Å². The van der Waals surface area contributed by atoms with Gasteiger partial charge in [-0.2, -0.15) is 5.10 Å². The minimum atomic E-state index is 0.802. The molecule has 0 radical (unpaired) electrons. The van der Waals surface area contributed by atoms with Crippen LogP contribution in [0.1, 0.15) is 42.6 Å². The number of aromatic nitrogens is 2. The molecule has 1 aliphatic rings. The van der Waals surface area contributed by atoms with E-state index in [1.54, 1.807) is 0 Å². The lowest BCUT2D eigenvalue weighted by Crippen LogP contribution is -2.35. The number of nitrogens with one attached hydrogen (secondary N) is 1. The number of benzene rings is 1. The lowest BCUT2D eigenvalue weighted by atomic mass is 10.2. The maximum absolute atomic E-state index is 4.72. The van der Waals surface area contributed by atoms with Gasteiger partial charge in [-0.25, -0.2) is 4.68 Å². The molecule has 130 valence electrons. The Hall–Kier alpha value is -1.65. The van der Waals surface area contributed by atoms with Crippen molar-refractivity contribution in [3.8, 4) is 5.69 Å². The summed E-state index contributed by atoms with van der Waals surface area (Å²) in [4.78, 5) is 2.52. The number of hydrogen-bond donors (Lipinski definition) is 1. The third-order valence-corrected chi connectivity index (χ3v) is 5.33. The fourth-order valence-electron chi connectivity index (χ4n) is 3.75. The maximum atomic E-state index is 4.72. The van der Waals surface area contributed by atoms with E-state index in [1.165, 1.54) is 36.9 Å². The highest BCUT2D eigenvalue weighted by atomic mass is 15.3. The minimum absolute atomic E-state index is 0.802. The van der Waals surface area contributed by atoms with Gasteiger partial charge in [0.05, 0.1) is 11.4 Å². The van der Waals surface area contributed by atoms with Crippen LogP contribution in [0.4, 0.5) is 0 Å². The Morgan fingerprint density at radius 2 is 1.88 bits per heavy atom. The molecule has 1 aromatic heterocycles. The number of rotatable bonds is 7. The molecule has 2 aromatic rings. The summed E-state index contributed by atoms with van der Waals surface area (Å²) in [5, 5.41) is 8.33.